The third-order valence-corrected chi connectivity index (χ3v) is 5.50. The second kappa shape index (κ2) is 8.32. The van der Waals surface area contributed by atoms with Crippen molar-refractivity contribution in [1.82, 2.24) is 10.3 Å². The van der Waals surface area contributed by atoms with Gasteiger partial charge >= 0.3 is 0 Å². The van der Waals surface area contributed by atoms with Gasteiger partial charge in [-0.3, -0.25) is 9.59 Å². The normalized spacial score (nSPS) is 19.1. The van der Waals surface area contributed by atoms with Crippen LogP contribution in [0.15, 0.2) is 18.3 Å². The van der Waals surface area contributed by atoms with Gasteiger partial charge in [-0.1, -0.05) is 12.8 Å². The van der Waals surface area contributed by atoms with Crippen molar-refractivity contribution in [1.29, 1.82) is 0 Å². The molecule has 136 valence electrons. The van der Waals surface area contributed by atoms with Crippen LogP contribution in [0, 0.1) is 11.8 Å². The number of amides is 2. The maximum absolute atomic E-state index is 12.1. The third kappa shape index (κ3) is 4.71. The molecule has 0 atom stereocenters. The molecule has 1 aromatic rings. The van der Waals surface area contributed by atoms with Gasteiger partial charge in [-0.25, -0.2) is 4.98 Å². The van der Waals surface area contributed by atoms with Gasteiger partial charge in [0.25, 0.3) is 5.91 Å². The van der Waals surface area contributed by atoms with Crippen molar-refractivity contribution in [2.24, 2.45) is 17.6 Å². The molecular formula is C19H28N4O2. The molecule has 1 aromatic heterocycles. The summed E-state index contributed by atoms with van der Waals surface area (Å²) in [6.45, 7) is 2.42. The Hall–Kier alpha value is -2.11. The first kappa shape index (κ1) is 17.7. The first-order valence-corrected chi connectivity index (χ1v) is 9.40. The summed E-state index contributed by atoms with van der Waals surface area (Å²) in [5.41, 5.74) is 5.92. The van der Waals surface area contributed by atoms with Crippen molar-refractivity contribution in [3.05, 3.63) is 23.9 Å². The van der Waals surface area contributed by atoms with Crippen LogP contribution in [0.25, 0.3) is 0 Å². The highest BCUT2D eigenvalue weighted by Crippen LogP contribution is 2.27. The molecule has 1 saturated heterocycles. The van der Waals surface area contributed by atoms with E-state index in [2.05, 4.69) is 15.2 Å². The molecular weight excluding hydrogens is 316 g/mol. The summed E-state index contributed by atoms with van der Waals surface area (Å²) in [5, 5.41) is 3.12. The van der Waals surface area contributed by atoms with Gasteiger partial charge in [-0.2, -0.15) is 0 Å². The fourth-order valence-electron chi connectivity index (χ4n) is 4.00. The van der Waals surface area contributed by atoms with E-state index in [-0.39, 0.29) is 5.91 Å². The lowest BCUT2D eigenvalue weighted by Crippen LogP contribution is -2.40. The number of aromatic nitrogens is 1. The van der Waals surface area contributed by atoms with Gasteiger partial charge in [0.15, 0.2) is 0 Å². The second-order valence-electron chi connectivity index (χ2n) is 7.33. The van der Waals surface area contributed by atoms with Crippen LogP contribution in [0.5, 0.6) is 0 Å². The topological polar surface area (TPSA) is 88.3 Å². The van der Waals surface area contributed by atoms with E-state index in [0.717, 1.165) is 32.5 Å². The molecule has 2 amide bonds. The monoisotopic (exact) mass is 344 g/mol. The van der Waals surface area contributed by atoms with Crippen LogP contribution in [0.4, 0.5) is 5.82 Å². The lowest BCUT2D eigenvalue weighted by molar-refractivity contribution is -0.122. The van der Waals surface area contributed by atoms with Crippen LogP contribution in [-0.2, 0) is 4.79 Å². The third-order valence-electron chi connectivity index (χ3n) is 5.50. The van der Waals surface area contributed by atoms with Crippen LogP contribution in [0.1, 0.15) is 55.3 Å². The molecule has 2 heterocycles. The second-order valence-corrected chi connectivity index (χ2v) is 7.33. The van der Waals surface area contributed by atoms with Crippen molar-refractivity contribution in [2.45, 2.75) is 44.9 Å². The molecule has 25 heavy (non-hydrogen) atoms. The number of carbonyl (C=O) groups excluding carboxylic acids is 2. The molecule has 1 saturated carbocycles. The Morgan fingerprint density at radius 2 is 1.88 bits per heavy atom. The van der Waals surface area contributed by atoms with Crippen molar-refractivity contribution < 1.29 is 9.59 Å². The van der Waals surface area contributed by atoms with Crippen LogP contribution in [0.2, 0.25) is 0 Å². The van der Waals surface area contributed by atoms with Crippen molar-refractivity contribution >= 4 is 17.6 Å². The smallest absolute Gasteiger partial charge is 0.252 e. The number of anilines is 1. The zero-order valence-electron chi connectivity index (χ0n) is 14.7. The summed E-state index contributed by atoms with van der Waals surface area (Å²) >= 11 is 0. The van der Waals surface area contributed by atoms with E-state index >= 15 is 0 Å². The van der Waals surface area contributed by atoms with Crippen LogP contribution in [-0.4, -0.2) is 36.4 Å². The molecule has 0 spiro atoms. The van der Waals surface area contributed by atoms with Crippen LogP contribution < -0.4 is 16.0 Å². The highest BCUT2D eigenvalue weighted by molar-refractivity contribution is 5.97. The zero-order valence-corrected chi connectivity index (χ0v) is 14.7. The number of carbonyl (C=O) groups is 2. The van der Waals surface area contributed by atoms with E-state index in [1.807, 2.05) is 0 Å². The Balaban J connectivity index is 1.44. The van der Waals surface area contributed by atoms with Gasteiger partial charge in [0.2, 0.25) is 5.91 Å². The minimum atomic E-state index is -0.440. The van der Waals surface area contributed by atoms with Crippen molar-refractivity contribution in [3.63, 3.8) is 0 Å². The van der Waals surface area contributed by atoms with E-state index in [0.29, 0.717) is 29.6 Å². The molecule has 1 aliphatic carbocycles. The summed E-state index contributed by atoms with van der Waals surface area (Å²) in [6, 6.07) is 3.45. The minimum Gasteiger partial charge on any atom is -0.365 e. The molecule has 2 fully saturated rings. The van der Waals surface area contributed by atoms with Gasteiger partial charge in [0, 0.05) is 32.3 Å². The Kier molecular flexibility index (Phi) is 5.89. The first-order chi connectivity index (χ1) is 12.1. The summed E-state index contributed by atoms with van der Waals surface area (Å²) < 4.78 is 0. The molecule has 0 radical (unpaired) electrons. The predicted molar refractivity (Wildman–Crippen MR) is 97.3 cm³/mol. The summed E-state index contributed by atoms with van der Waals surface area (Å²) in [7, 11) is 0. The molecule has 6 heteroatoms. The zero-order chi connectivity index (χ0) is 17.6. The number of nitrogens with two attached hydrogens (primary N) is 1. The Morgan fingerprint density at radius 3 is 2.56 bits per heavy atom. The molecule has 0 bridgehead atoms. The summed E-state index contributed by atoms with van der Waals surface area (Å²) in [4.78, 5) is 30.1. The molecule has 0 unspecified atom stereocenters. The summed E-state index contributed by atoms with van der Waals surface area (Å²) in [6.07, 6.45) is 9.31. The fraction of sp³-hybridized carbons (Fsp3) is 0.632. The lowest BCUT2D eigenvalue weighted by atomic mass is 9.96. The Morgan fingerprint density at radius 1 is 1.16 bits per heavy atom. The average molecular weight is 344 g/mol. The van der Waals surface area contributed by atoms with Gasteiger partial charge in [-0.15, -0.1) is 0 Å². The largest absolute Gasteiger partial charge is 0.365 e. The SMILES string of the molecule is NC(=O)c1cccnc1N1CCC(CNC(=O)CC2CCCC2)CC1. The molecule has 0 aromatic carbocycles. The highest BCUT2D eigenvalue weighted by atomic mass is 16.2. The number of primary amides is 1. The number of hydrogen-bond donors (Lipinski definition) is 2. The van der Waals surface area contributed by atoms with Crippen LogP contribution >= 0.6 is 0 Å². The molecule has 2 aliphatic rings. The number of nitrogens with zero attached hydrogens (tertiary/aromatic N) is 2. The number of nitrogens with one attached hydrogen (secondary N) is 1. The van der Waals surface area contributed by atoms with Gasteiger partial charge in [0.05, 0.1) is 5.56 Å². The number of rotatable bonds is 6. The maximum Gasteiger partial charge on any atom is 0.252 e. The molecule has 1 aliphatic heterocycles. The maximum atomic E-state index is 12.1. The standard InChI is InChI=1S/C19H28N4O2/c20-18(25)16-6-3-9-21-19(16)23-10-7-15(8-11-23)13-22-17(24)12-14-4-1-2-5-14/h3,6,9,14-15H,1-2,4-5,7-8,10-13H2,(H2,20,25)(H,22,24). The van der Waals surface area contributed by atoms with E-state index in [1.54, 1.807) is 18.3 Å². The van der Waals surface area contributed by atoms with E-state index in [1.165, 1.54) is 25.7 Å². The predicted octanol–water partition coefficient (Wildman–Crippen LogP) is 2.09. The van der Waals surface area contributed by atoms with Crippen molar-refractivity contribution in [3.8, 4) is 0 Å². The summed E-state index contributed by atoms with van der Waals surface area (Å²) in [5.74, 6) is 1.53. The van der Waals surface area contributed by atoms with Gasteiger partial charge in [-0.05, 0) is 49.7 Å². The number of piperidine rings is 1. The molecule has 3 N–H and O–H groups in total. The van der Waals surface area contributed by atoms with E-state index in [9.17, 15) is 9.59 Å². The first-order valence-electron chi connectivity index (χ1n) is 9.40. The number of hydrogen-bond acceptors (Lipinski definition) is 4. The van der Waals surface area contributed by atoms with E-state index in [4.69, 9.17) is 5.73 Å². The van der Waals surface area contributed by atoms with Crippen LogP contribution in [0.3, 0.4) is 0 Å². The molecule has 3 rings (SSSR count). The fourth-order valence-corrected chi connectivity index (χ4v) is 4.00. The Labute approximate surface area is 149 Å². The lowest BCUT2D eigenvalue weighted by Gasteiger charge is -2.33. The Bertz CT molecular complexity index is 605. The average Bonchev–Trinajstić information content (AvgIpc) is 3.13. The van der Waals surface area contributed by atoms with Gasteiger partial charge < -0.3 is 16.0 Å². The van der Waals surface area contributed by atoms with E-state index < -0.39 is 5.91 Å². The molecule has 6 nitrogen and oxygen atoms in total. The highest BCUT2D eigenvalue weighted by Gasteiger charge is 2.24. The van der Waals surface area contributed by atoms with Crippen molar-refractivity contribution in [2.75, 3.05) is 24.5 Å². The number of pyridine rings is 1. The minimum absolute atomic E-state index is 0.204. The van der Waals surface area contributed by atoms with Gasteiger partial charge in [0.1, 0.15) is 5.82 Å². The quantitative estimate of drug-likeness (QED) is 0.827.